The first-order valence-corrected chi connectivity index (χ1v) is 9.59. The molecule has 140 valence electrons. The molecule has 4 nitrogen and oxygen atoms in total. The number of hydrogen-bond acceptors (Lipinski definition) is 4. The molecule has 2 rings (SSSR count). The van der Waals surface area contributed by atoms with Crippen molar-refractivity contribution in [2.24, 2.45) is 11.8 Å². The Hall–Kier alpha value is -1.58. The molecule has 0 N–H and O–H groups in total. The summed E-state index contributed by atoms with van der Waals surface area (Å²) in [6, 6.07) is 0. The maximum Gasteiger partial charge on any atom is 0.333 e. The zero-order chi connectivity index (χ0) is 18.4. The van der Waals surface area contributed by atoms with E-state index in [1.807, 2.05) is 0 Å². The minimum absolute atomic E-state index is 0.0436. The van der Waals surface area contributed by atoms with E-state index in [4.69, 9.17) is 9.47 Å². The lowest BCUT2D eigenvalue weighted by Crippen LogP contribution is -2.28. The molecule has 0 bridgehead atoms. The summed E-state index contributed by atoms with van der Waals surface area (Å²) in [4.78, 5) is 23.4. The molecule has 0 aromatic carbocycles. The maximum absolute atomic E-state index is 11.7. The fraction of sp³-hybridized carbons (Fsp3) is 0.714. The molecule has 0 saturated heterocycles. The monoisotopic (exact) mass is 348 g/mol. The number of carbonyl (C=O) groups is 2. The average molecular weight is 348 g/mol. The first kappa shape index (κ1) is 19.7. The molecule has 2 unspecified atom stereocenters. The molecule has 2 saturated carbocycles. The summed E-state index contributed by atoms with van der Waals surface area (Å²) >= 11 is 0. The molecule has 0 amide bonds. The normalized spacial score (nSPS) is 30.0. The molecule has 0 aromatic rings. The topological polar surface area (TPSA) is 52.6 Å². The Morgan fingerprint density at radius 1 is 0.680 bits per heavy atom. The van der Waals surface area contributed by atoms with Gasteiger partial charge in [0.15, 0.2) is 0 Å². The number of esters is 2. The van der Waals surface area contributed by atoms with Crippen molar-refractivity contribution in [3.8, 4) is 0 Å². The highest BCUT2D eigenvalue weighted by atomic mass is 16.5. The van der Waals surface area contributed by atoms with Crippen molar-refractivity contribution in [3.63, 3.8) is 0 Å². The molecular formula is C21H32O4. The van der Waals surface area contributed by atoms with Crippen LogP contribution in [0.5, 0.6) is 0 Å². The second kappa shape index (κ2) is 9.21. The van der Waals surface area contributed by atoms with Gasteiger partial charge in [-0.15, -0.1) is 0 Å². The highest BCUT2D eigenvalue weighted by Gasteiger charge is 2.31. The third kappa shape index (κ3) is 6.02. The third-order valence-corrected chi connectivity index (χ3v) is 5.59. The Balaban J connectivity index is 1.76. The first-order valence-electron chi connectivity index (χ1n) is 9.59. The second-order valence-electron chi connectivity index (χ2n) is 7.80. The zero-order valence-corrected chi connectivity index (χ0v) is 15.7. The van der Waals surface area contributed by atoms with E-state index >= 15 is 0 Å². The van der Waals surface area contributed by atoms with Crippen LogP contribution in [0.4, 0.5) is 0 Å². The van der Waals surface area contributed by atoms with Gasteiger partial charge >= 0.3 is 11.9 Å². The summed E-state index contributed by atoms with van der Waals surface area (Å²) in [5.41, 5.74) is 0.949. The van der Waals surface area contributed by atoms with E-state index in [0.717, 1.165) is 51.4 Å². The second-order valence-corrected chi connectivity index (χ2v) is 7.80. The van der Waals surface area contributed by atoms with E-state index in [9.17, 15) is 9.59 Å². The van der Waals surface area contributed by atoms with Gasteiger partial charge in [-0.1, -0.05) is 19.6 Å². The number of ether oxygens (including phenoxy) is 2. The molecule has 0 aliphatic heterocycles. The van der Waals surface area contributed by atoms with Gasteiger partial charge in [-0.3, -0.25) is 0 Å². The van der Waals surface area contributed by atoms with Crippen LogP contribution < -0.4 is 0 Å². The fourth-order valence-electron chi connectivity index (χ4n) is 4.07. The quantitative estimate of drug-likeness (QED) is 0.409. The fourth-order valence-corrected chi connectivity index (χ4v) is 4.07. The molecule has 0 heterocycles. The van der Waals surface area contributed by atoms with Crippen molar-refractivity contribution in [1.82, 2.24) is 0 Å². The minimum atomic E-state index is -0.264. The van der Waals surface area contributed by atoms with Crippen LogP contribution in [0.2, 0.25) is 0 Å². The molecule has 2 aliphatic carbocycles. The summed E-state index contributed by atoms with van der Waals surface area (Å²) in [5.74, 6) is 0.880. The predicted octanol–water partition coefficient (Wildman–Crippen LogP) is 4.73. The van der Waals surface area contributed by atoms with Gasteiger partial charge in [0.05, 0.1) is 0 Å². The lowest BCUT2D eigenvalue weighted by Gasteiger charge is -2.33. The van der Waals surface area contributed by atoms with Crippen molar-refractivity contribution in [1.29, 1.82) is 0 Å². The molecule has 2 fully saturated rings. The van der Waals surface area contributed by atoms with Crippen molar-refractivity contribution in [3.05, 3.63) is 24.3 Å². The van der Waals surface area contributed by atoms with Crippen LogP contribution in [-0.2, 0) is 19.1 Å². The van der Waals surface area contributed by atoms with Crippen molar-refractivity contribution < 1.29 is 19.1 Å². The largest absolute Gasteiger partial charge is 0.459 e. The Morgan fingerprint density at radius 3 is 1.52 bits per heavy atom. The molecule has 0 aromatic heterocycles. The van der Waals surface area contributed by atoms with Crippen LogP contribution in [0.15, 0.2) is 24.3 Å². The van der Waals surface area contributed by atoms with Gasteiger partial charge in [0.25, 0.3) is 0 Å². The van der Waals surface area contributed by atoms with Crippen LogP contribution >= 0.6 is 0 Å². The summed E-state index contributed by atoms with van der Waals surface area (Å²) in [6.45, 7) is 10.7. The van der Waals surface area contributed by atoms with Crippen molar-refractivity contribution in [2.75, 3.05) is 0 Å². The van der Waals surface area contributed by atoms with E-state index in [0.29, 0.717) is 23.0 Å². The summed E-state index contributed by atoms with van der Waals surface area (Å²) in [5, 5.41) is 0. The molecule has 0 spiro atoms. The van der Waals surface area contributed by atoms with E-state index in [-0.39, 0.29) is 24.1 Å². The van der Waals surface area contributed by atoms with Gasteiger partial charge in [-0.2, -0.15) is 0 Å². The Bertz CT molecular complexity index is 514. The van der Waals surface area contributed by atoms with E-state index in [1.54, 1.807) is 13.8 Å². The van der Waals surface area contributed by atoms with Crippen molar-refractivity contribution in [2.45, 2.75) is 83.8 Å². The van der Waals surface area contributed by atoms with Gasteiger partial charge in [0, 0.05) is 11.1 Å². The van der Waals surface area contributed by atoms with Gasteiger partial charge in [-0.05, 0) is 77.0 Å². The number of hydrogen-bond donors (Lipinski definition) is 0. The van der Waals surface area contributed by atoms with Gasteiger partial charge < -0.3 is 9.47 Å². The lowest BCUT2D eigenvalue weighted by molar-refractivity contribution is -0.147. The zero-order valence-electron chi connectivity index (χ0n) is 15.7. The van der Waals surface area contributed by atoms with Gasteiger partial charge in [0.2, 0.25) is 0 Å². The van der Waals surface area contributed by atoms with Crippen molar-refractivity contribution >= 4 is 11.9 Å². The summed E-state index contributed by atoms with van der Waals surface area (Å²) in [7, 11) is 0. The molecule has 25 heavy (non-hydrogen) atoms. The lowest BCUT2D eigenvalue weighted by atomic mass is 9.76. The standard InChI is InChI=1S/C21H32O4/c1-14(2)20(22)24-18-7-5-6-16(8-11-18)17-9-12-19(13-10-17)25-21(23)15(3)4/h16-19H,1,3,5-13H2,2,4H3. The highest BCUT2D eigenvalue weighted by Crippen LogP contribution is 2.38. The summed E-state index contributed by atoms with van der Waals surface area (Å²) < 4.78 is 11.0. The van der Waals surface area contributed by atoms with Crippen LogP contribution in [0.25, 0.3) is 0 Å². The molecule has 2 aliphatic rings. The number of carbonyl (C=O) groups excluding carboxylic acids is 2. The van der Waals surface area contributed by atoms with Crippen LogP contribution in [0.1, 0.15) is 71.6 Å². The maximum atomic E-state index is 11.7. The Labute approximate surface area is 151 Å². The molecular weight excluding hydrogens is 316 g/mol. The van der Waals surface area contributed by atoms with E-state index in [2.05, 4.69) is 13.2 Å². The summed E-state index contributed by atoms with van der Waals surface area (Å²) in [6.07, 6.45) is 9.60. The van der Waals surface area contributed by atoms with Crippen LogP contribution in [-0.4, -0.2) is 24.1 Å². The van der Waals surface area contributed by atoms with E-state index in [1.165, 1.54) is 6.42 Å². The van der Waals surface area contributed by atoms with E-state index < -0.39 is 0 Å². The predicted molar refractivity (Wildman–Crippen MR) is 97.9 cm³/mol. The average Bonchev–Trinajstić information content (AvgIpc) is 2.81. The number of rotatable bonds is 5. The molecule has 0 radical (unpaired) electrons. The molecule has 2 atom stereocenters. The van der Waals surface area contributed by atoms with Gasteiger partial charge in [-0.25, -0.2) is 9.59 Å². The Kier molecular flexibility index (Phi) is 7.27. The smallest absolute Gasteiger partial charge is 0.333 e. The first-order chi connectivity index (χ1) is 11.9. The van der Waals surface area contributed by atoms with Crippen LogP contribution in [0, 0.1) is 11.8 Å². The Morgan fingerprint density at radius 2 is 1.08 bits per heavy atom. The minimum Gasteiger partial charge on any atom is -0.459 e. The highest BCUT2D eigenvalue weighted by molar-refractivity contribution is 5.87. The molecule has 4 heteroatoms. The van der Waals surface area contributed by atoms with Gasteiger partial charge in [0.1, 0.15) is 12.2 Å². The SMILES string of the molecule is C=C(C)C(=O)OC1CCCC(C2CCC(OC(=O)C(=C)C)CC2)CC1. The third-order valence-electron chi connectivity index (χ3n) is 5.59. The van der Waals surface area contributed by atoms with Crippen LogP contribution in [0.3, 0.4) is 0 Å².